The van der Waals surface area contributed by atoms with E-state index in [0.717, 1.165) is 0 Å². The Labute approximate surface area is 174 Å². The summed E-state index contributed by atoms with van der Waals surface area (Å²) in [6.45, 7) is 7.35. The van der Waals surface area contributed by atoms with Crippen LogP contribution in [0.4, 0.5) is 11.4 Å². The first-order valence-electron chi connectivity index (χ1n) is 9.39. The smallest absolute Gasteiger partial charge is 0.258 e. The van der Waals surface area contributed by atoms with Gasteiger partial charge in [-0.1, -0.05) is 38.1 Å². The third kappa shape index (κ3) is 4.65. The minimum absolute atomic E-state index is 0.214. The highest BCUT2D eigenvalue weighted by molar-refractivity contribution is 6.09. The van der Waals surface area contributed by atoms with Crippen LogP contribution in [0.15, 0.2) is 47.0 Å². The summed E-state index contributed by atoms with van der Waals surface area (Å²) in [5.74, 6) is 0.693. The number of carbonyl (C=O) groups is 2. The molecule has 8 nitrogen and oxygen atoms in total. The molecule has 0 aliphatic rings. The summed E-state index contributed by atoms with van der Waals surface area (Å²) >= 11 is 0. The van der Waals surface area contributed by atoms with Crippen molar-refractivity contribution < 1.29 is 18.8 Å². The maximum atomic E-state index is 13.1. The van der Waals surface area contributed by atoms with Crippen LogP contribution < -0.4 is 15.4 Å². The van der Waals surface area contributed by atoms with E-state index in [1.807, 2.05) is 20.8 Å². The second kappa shape index (κ2) is 8.36. The Bertz CT molecular complexity index is 1080. The van der Waals surface area contributed by atoms with E-state index in [2.05, 4.69) is 20.8 Å². The van der Waals surface area contributed by atoms with Gasteiger partial charge in [0.25, 0.3) is 11.8 Å². The Morgan fingerprint density at radius 2 is 1.80 bits per heavy atom. The molecule has 8 heteroatoms. The number of aromatic nitrogens is 2. The van der Waals surface area contributed by atoms with E-state index in [1.54, 1.807) is 42.5 Å². The van der Waals surface area contributed by atoms with E-state index in [0.29, 0.717) is 34.1 Å². The molecule has 0 unspecified atom stereocenters. The van der Waals surface area contributed by atoms with Crippen molar-refractivity contribution in [3.05, 3.63) is 53.9 Å². The van der Waals surface area contributed by atoms with Gasteiger partial charge < -0.3 is 19.9 Å². The second-order valence-electron chi connectivity index (χ2n) is 7.77. The number of anilines is 2. The standard InChI is InChI=1S/C22H24N4O4/c1-13(27)23-14-10-11-18(29-5)17(12-14)24-19(28)15-8-6-7-9-16(15)20-25-21(26-30-20)22(2,3)4/h6-12H,1-5H3,(H,23,27)(H,24,28). The van der Waals surface area contributed by atoms with Gasteiger partial charge in [-0.15, -0.1) is 0 Å². The number of carbonyl (C=O) groups excluding carboxylic acids is 2. The summed E-state index contributed by atoms with van der Waals surface area (Å²) in [7, 11) is 1.50. The van der Waals surface area contributed by atoms with Crippen LogP contribution in [-0.2, 0) is 10.2 Å². The highest BCUT2D eigenvalue weighted by Crippen LogP contribution is 2.30. The van der Waals surface area contributed by atoms with E-state index in [9.17, 15) is 9.59 Å². The normalized spacial score (nSPS) is 11.1. The first kappa shape index (κ1) is 21.0. The van der Waals surface area contributed by atoms with Crippen LogP contribution in [0.25, 0.3) is 11.5 Å². The number of nitrogens with one attached hydrogen (secondary N) is 2. The first-order chi connectivity index (χ1) is 14.2. The molecule has 1 heterocycles. The average molecular weight is 408 g/mol. The molecular formula is C22H24N4O4. The molecule has 0 saturated heterocycles. The number of hydrogen-bond acceptors (Lipinski definition) is 6. The molecule has 0 aliphatic carbocycles. The van der Waals surface area contributed by atoms with Gasteiger partial charge in [0, 0.05) is 18.0 Å². The Morgan fingerprint density at radius 1 is 1.07 bits per heavy atom. The molecule has 3 rings (SSSR count). The molecule has 0 bridgehead atoms. The topological polar surface area (TPSA) is 106 Å². The van der Waals surface area contributed by atoms with Gasteiger partial charge in [-0.25, -0.2) is 0 Å². The van der Waals surface area contributed by atoms with Crippen molar-refractivity contribution in [1.29, 1.82) is 0 Å². The third-order valence-electron chi connectivity index (χ3n) is 4.27. The number of rotatable bonds is 5. The summed E-state index contributed by atoms with van der Waals surface area (Å²) in [6.07, 6.45) is 0. The van der Waals surface area contributed by atoms with E-state index in [-0.39, 0.29) is 23.1 Å². The Balaban J connectivity index is 1.94. The van der Waals surface area contributed by atoms with Gasteiger partial charge in [0.1, 0.15) is 5.75 Å². The predicted octanol–water partition coefficient (Wildman–Crippen LogP) is 4.25. The highest BCUT2D eigenvalue weighted by Gasteiger charge is 2.24. The molecule has 2 amide bonds. The lowest BCUT2D eigenvalue weighted by Crippen LogP contribution is -2.15. The van der Waals surface area contributed by atoms with E-state index in [4.69, 9.17) is 9.26 Å². The van der Waals surface area contributed by atoms with Crippen LogP contribution in [0, 0.1) is 0 Å². The van der Waals surface area contributed by atoms with Crippen LogP contribution in [0.2, 0.25) is 0 Å². The van der Waals surface area contributed by atoms with Gasteiger partial charge in [0.2, 0.25) is 5.91 Å². The maximum Gasteiger partial charge on any atom is 0.258 e. The summed E-state index contributed by atoms with van der Waals surface area (Å²) in [6, 6.07) is 12.0. The molecule has 0 atom stereocenters. The first-order valence-corrected chi connectivity index (χ1v) is 9.39. The van der Waals surface area contributed by atoms with Crippen molar-refractivity contribution in [3.63, 3.8) is 0 Å². The second-order valence-corrected chi connectivity index (χ2v) is 7.77. The molecule has 3 aromatic rings. The number of hydrogen-bond donors (Lipinski definition) is 2. The fraction of sp³-hybridized carbons (Fsp3) is 0.273. The predicted molar refractivity (Wildman–Crippen MR) is 114 cm³/mol. The quantitative estimate of drug-likeness (QED) is 0.654. The molecule has 2 aromatic carbocycles. The minimum Gasteiger partial charge on any atom is -0.495 e. The molecular weight excluding hydrogens is 384 g/mol. The van der Waals surface area contributed by atoms with Crippen LogP contribution in [-0.4, -0.2) is 29.1 Å². The fourth-order valence-corrected chi connectivity index (χ4v) is 2.78. The number of nitrogens with zero attached hydrogens (tertiary/aromatic N) is 2. The molecule has 156 valence electrons. The molecule has 0 fully saturated rings. The third-order valence-corrected chi connectivity index (χ3v) is 4.27. The van der Waals surface area contributed by atoms with E-state index >= 15 is 0 Å². The maximum absolute atomic E-state index is 13.1. The van der Waals surface area contributed by atoms with E-state index < -0.39 is 0 Å². The van der Waals surface area contributed by atoms with Crippen molar-refractivity contribution in [2.75, 3.05) is 17.7 Å². The van der Waals surface area contributed by atoms with Crippen LogP contribution in [0.3, 0.4) is 0 Å². The van der Waals surface area contributed by atoms with Gasteiger partial charge in [0.05, 0.1) is 23.9 Å². The molecule has 0 spiro atoms. The van der Waals surface area contributed by atoms with Gasteiger partial charge in [-0.05, 0) is 30.3 Å². The lowest BCUT2D eigenvalue weighted by Gasteiger charge is -2.13. The SMILES string of the molecule is COc1ccc(NC(C)=O)cc1NC(=O)c1ccccc1-c1nc(C(C)(C)C)no1. The zero-order valence-corrected chi connectivity index (χ0v) is 17.6. The Kier molecular flexibility index (Phi) is 5.86. The van der Waals surface area contributed by atoms with Crippen LogP contribution >= 0.6 is 0 Å². The van der Waals surface area contributed by atoms with Crippen molar-refractivity contribution in [1.82, 2.24) is 10.1 Å². The number of benzene rings is 2. The molecule has 1 aromatic heterocycles. The zero-order valence-electron chi connectivity index (χ0n) is 17.6. The van der Waals surface area contributed by atoms with Gasteiger partial charge in [-0.3, -0.25) is 9.59 Å². The van der Waals surface area contributed by atoms with Gasteiger partial charge in [-0.2, -0.15) is 4.98 Å². The summed E-state index contributed by atoms with van der Waals surface area (Å²) < 4.78 is 10.7. The number of amides is 2. The largest absolute Gasteiger partial charge is 0.495 e. The highest BCUT2D eigenvalue weighted by atomic mass is 16.5. The number of methoxy groups -OCH3 is 1. The van der Waals surface area contributed by atoms with Crippen molar-refractivity contribution in [2.24, 2.45) is 0 Å². The minimum atomic E-state index is -0.376. The molecule has 0 saturated carbocycles. The Hall–Kier alpha value is -3.68. The van der Waals surface area contributed by atoms with Crippen molar-refractivity contribution >= 4 is 23.2 Å². The van der Waals surface area contributed by atoms with Gasteiger partial charge in [0.15, 0.2) is 5.82 Å². The monoisotopic (exact) mass is 408 g/mol. The van der Waals surface area contributed by atoms with Crippen LogP contribution in [0.1, 0.15) is 43.9 Å². The van der Waals surface area contributed by atoms with Gasteiger partial charge >= 0.3 is 0 Å². The lowest BCUT2D eigenvalue weighted by atomic mass is 9.96. The van der Waals surface area contributed by atoms with E-state index in [1.165, 1.54) is 14.0 Å². The lowest BCUT2D eigenvalue weighted by molar-refractivity contribution is -0.114. The average Bonchev–Trinajstić information content (AvgIpc) is 3.18. The summed E-state index contributed by atoms with van der Waals surface area (Å²) in [5.41, 5.74) is 1.57. The summed E-state index contributed by atoms with van der Waals surface area (Å²) in [5, 5.41) is 9.55. The summed E-state index contributed by atoms with van der Waals surface area (Å²) in [4.78, 5) is 28.9. The molecule has 30 heavy (non-hydrogen) atoms. The van der Waals surface area contributed by atoms with Crippen molar-refractivity contribution in [3.8, 4) is 17.2 Å². The molecule has 0 radical (unpaired) electrons. The molecule has 2 N–H and O–H groups in total. The van der Waals surface area contributed by atoms with Crippen LogP contribution in [0.5, 0.6) is 5.75 Å². The number of ether oxygens (including phenoxy) is 1. The van der Waals surface area contributed by atoms with Crippen molar-refractivity contribution in [2.45, 2.75) is 33.1 Å². The fourth-order valence-electron chi connectivity index (χ4n) is 2.78. The molecule has 0 aliphatic heterocycles. The zero-order chi connectivity index (χ0) is 21.9. The Morgan fingerprint density at radius 3 is 2.43 bits per heavy atom.